The molecule has 0 aliphatic rings. The van der Waals surface area contributed by atoms with Crippen LogP contribution in [0.25, 0.3) is 0 Å². The summed E-state index contributed by atoms with van der Waals surface area (Å²) < 4.78 is 9.74. The molecule has 0 bridgehead atoms. The Bertz CT molecular complexity index is 209. The molecule has 0 unspecified atom stereocenters. The van der Waals surface area contributed by atoms with Gasteiger partial charge in [-0.2, -0.15) is 0 Å². The largest absolute Gasteiger partial charge is 0.461 e. The molecule has 0 aliphatic heterocycles. The van der Waals surface area contributed by atoms with Gasteiger partial charge in [-0.25, -0.2) is 0 Å². The third-order valence-corrected chi connectivity index (χ3v) is 1.76. The van der Waals surface area contributed by atoms with Gasteiger partial charge in [0, 0.05) is 12.8 Å². The van der Waals surface area contributed by atoms with Crippen LogP contribution in [0.2, 0.25) is 0 Å². The van der Waals surface area contributed by atoms with Gasteiger partial charge in [0.2, 0.25) is 0 Å². The number of ether oxygens (including phenoxy) is 2. The maximum atomic E-state index is 10.9. The second-order valence-electron chi connectivity index (χ2n) is 3.34. The first-order valence-electron chi connectivity index (χ1n) is 5.66. The van der Waals surface area contributed by atoms with Crippen molar-refractivity contribution in [3.8, 4) is 0 Å². The van der Waals surface area contributed by atoms with E-state index in [0.717, 1.165) is 12.8 Å². The molecule has 92 valence electrons. The van der Waals surface area contributed by atoms with Crippen molar-refractivity contribution < 1.29 is 19.1 Å². The molecule has 0 aromatic rings. The van der Waals surface area contributed by atoms with E-state index in [-0.39, 0.29) is 25.2 Å². The lowest BCUT2D eigenvalue weighted by atomic mass is 10.3. The van der Waals surface area contributed by atoms with E-state index < -0.39 is 0 Å². The third kappa shape index (κ3) is 9.24. The van der Waals surface area contributed by atoms with Gasteiger partial charge in [-0.1, -0.05) is 13.8 Å². The fourth-order valence-electron chi connectivity index (χ4n) is 0.971. The van der Waals surface area contributed by atoms with Gasteiger partial charge in [0.25, 0.3) is 0 Å². The van der Waals surface area contributed by atoms with Crippen molar-refractivity contribution in [1.29, 1.82) is 0 Å². The minimum atomic E-state index is -0.199. The van der Waals surface area contributed by atoms with E-state index in [1.807, 2.05) is 13.8 Å². The maximum absolute atomic E-state index is 10.9. The van der Waals surface area contributed by atoms with Crippen LogP contribution >= 0.6 is 0 Å². The molecule has 0 aliphatic carbocycles. The second kappa shape index (κ2) is 10.2. The summed E-state index contributed by atoms with van der Waals surface area (Å²) in [5.41, 5.74) is 0. The fraction of sp³-hybridized carbons (Fsp3) is 0.667. The lowest BCUT2D eigenvalue weighted by Crippen LogP contribution is -2.05. The first kappa shape index (κ1) is 14.7. The highest BCUT2D eigenvalue weighted by Crippen LogP contribution is 1.93. The van der Waals surface area contributed by atoms with Gasteiger partial charge in [0.05, 0.1) is 0 Å². The van der Waals surface area contributed by atoms with E-state index in [9.17, 15) is 9.59 Å². The van der Waals surface area contributed by atoms with Crippen LogP contribution in [-0.4, -0.2) is 25.2 Å². The molecule has 16 heavy (non-hydrogen) atoms. The van der Waals surface area contributed by atoms with Crippen LogP contribution in [-0.2, 0) is 19.1 Å². The van der Waals surface area contributed by atoms with E-state index in [4.69, 9.17) is 9.47 Å². The summed E-state index contributed by atoms with van der Waals surface area (Å²) in [5, 5.41) is 0. The summed E-state index contributed by atoms with van der Waals surface area (Å²) in [6, 6.07) is 0. The highest BCUT2D eigenvalue weighted by atomic mass is 16.5. The Morgan fingerprint density at radius 3 is 1.56 bits per heavy atom. The molecule has 0 saturated heterocycles. The summed E-state index contributed by atoms with van der Waals surface area (Å²) in [5.74, 6) is -0.398. The molecule has 0 aromatic heterocycles. The average Bonchev–Trinajstić information content (AvgIpc) is 2.24. The Morgan fingerprint density at radius 1 is 0.875 bits per heavy atom. The van der Waals surface area contributed by atoms with E-state index in [1.165, 1.54) is 0 Å². The Balaban J connectivity index is 3.41. The van der Waals surface area contributed by atoms with Gasteiger partial charge >= 0.3 is 11.9 Å². The molecule has 0 rings (SSSR count). The summed E-state index contributed by atoms with van der Waals surface area (Å²) >= 11 is 0. The Hall–Kier alpha value is -1.32. The smallest absolute Gasteiger partial charge is 0.306 e. The predicted octanol–water partition coefficient (Wildman–Crippen LogP) is 2.23. The topological polar surface area (TPSA) is 52.6 Å². The Labute approximate surface area is 96.6 Å². The second-order valence-corrected chi connectivity index (χ2v) is 3.34. The Kier molecular flexibility index (Phi) is 9.36. The van der Waals surface area contributed by atoms with Gasteiger partial charge in [-0.05, 0) is 25.0 Å². The van der Waals surface area contributed by atoms with Crippen LogP contribution in [0.4, 0.5) is 0 Å². The number of esters is 2. The zero-order valence-electron chi connectivity index (χ0n) is 10.0. The van der Waals surface area contributed by atoms with Gasteiger partial charge in [-0.15, -0.1) is 0 Å². The number of rotatable bonds is 8. The molecule has 4 nitrogen and oxygen atoms in total. The van der Waals surface area contributed by atoms with Crippen LogP contribution in [0.5, 0.6) is 0 Å². The summed E-state index contributed by atoms with van der Waals surface area (Å²) in [4.78, 5) is 21.9. The molecule has 0 atom stereocenters. The van der Waals surface area contributed by atoms with E-state index in [2.05, 4.69) is 0 Å². The molecular formula is C12H20O4. The SMILES string of the molecule is CCCC(=O)OC/C=C\COC(=O)CCC. The van der Waals surface area contributed by atoms with Crippen LogP contribution in [0.15, 0.2) is 12.2 Å². The highest BCUT2D eigenvalue weighted by Gasteiger charge is 1.98. The lowest BCUT2D eigenvalue weighted by Gasteiger charge is -2.00. The molecule has 0 radical (unpaired) electrons. The number of carbonyl (C=O) groups is 2. The van der Waals surface area contributed by atoms with Gasteiger partial charge < -0.3 is 9.47 Å². The van der Waals surface area contributed by atoms with Crippen molar-refractivity contribution in [2.45, 2.75) is 39.5 Å². The van der Waals surface area contributed by atoms with Crippen LogP contribution in [0, 0.1) is 0 Å². The van der Waals surface area contributed by atoms with Crippen LogP contribution in [0.3, 0.4) is 0 Å². The standard InChI is InChI=1S/C12H20O4/c1-3-7-11(13)15-9-5-6-10-16-12(14)8-4-2/h5-6H,3-4,7-10H2,1-2H3/b6-5-. The average molecular weight is 228 g/mol. The first-order chi connectivity index (χ1) is 7.70. The quantitative estimate of drug-likeness (QED) is 0.472. The highest BCUT2D eigenvalue weighted by molar-refractivity contribution is 5.69. The predicted molar refractivity (Wildman–Crippen MR) is 60.9 cm³/mol. The van der Waals surface area contributed by atoms with Crippen LogP contribution in [0.1, 0.15) is 39.5 Å². The summed E-state index contributed by atoms with van der Waals surface area (Å²) in [7, 11) is 0. The molecule has 4 heteroatoms. The molecule has 0 fully saturated rings. The van der Waals surface area contributed by atoms with Crippen molar-refractivity contribution in [2.75, 3.05) is 13.2 Å². The molecule has 0 amide bonds. The lowest BCUT2D eigenvalue weighted by molar-refractivity contribution is -0.143. The van der Waals surface area contributed by atoms with E-state index in [0.29, 0.717) is 12.8 Å². The summed E-state index contributed by atoms with van der Waals surface area (Å²) in [6.07, 6.45) is 5.81. The van der Waals surface area contributed by atoms with Crippen molar-refractivity contribution in [2.24, 2.45) is 0 Å². The first-order valence-corrected chi connectivity index (χ1v) is 5.66. The number of carbonyl (C=O) groups excluding carboxylic acids is 2. The van der Waals surface area contributed by atoms with Gasteiger partial charge in [0.15, 0.2) is 0 Å². The minimum absolute atomic E-state index is 0.199. The third-order valence-electron chi connectivity index (χ3n) is 1.76. The zero-order chi connectivity index (χ0) is 12.2. The van der Waals surface area contributed by atoms with Crippen molar-refractivity contribution in [1.82, 2.24) is 0 Å². The summed E-state index contributed by atoms with van der Waals surface area (Å²) in [6.45, 7) is 4.32. The molecule has 0 spiro atoms. The van der Waals surface area contributed by atoms with Crippen molar-refractivity contribution in [3.05, 3.63) is 12.2 Å². The molecule has 0 N–H and O–H groups in total. The molecule has 0 heterocycles. The van der Waals surface area contributed by atoms with E-state index in [1.54, 1.807) is 12.2 Å². The Morgan fingerprint density at radius 2 is 1.25 bits per heavy atom. The zero-order valence-corrected chi connectivity index (χ0v) is 10.0. The maximum Gasteiger partial charge on any atom is 0.306 e. The van der Waals surface area contributed by atoms with Crippen LogP contribution < -0.4 is 0 Å². The molecule has 0 saturated carbocycles. The minimum Gasteiger partial charge on any atom is -0.461 e. The normalized spacial score (nSPS) is 10.4. The van der Waals surface area contributed by atoms with Crippen molar-refractivity contribution >= 4 is 11.9 Å². The fourth-order valence-corrected chi connectivity index (χ4v) is 0.971. The number of hydrogen-bond acceptors (Lipinski definition) is 4. The van der Waals surface area contributed by atoms with Crippen molar-refractivity contribution in [3.63, 3.8) is 0 Å². The van der Waals surface area contributed by atoms with Gasteiger partial charge in [0.1, 0.15) is 13.2 Å². The monoisotopic (exact) mass is 228 g/mol. The molecule has 0 aromatic carbocycles. The van der Waals surface area contributed by atoms with Gasteiger partial charge in [-0.3, -0.25) is 9.59 Å². The molecular weight excluding hydrogens is 208 g/mol. The number of hydrogen-bond donors (Lipinski definition) is 0. The van der Waals surface area contributed by atoms with E-state index >= 15 is 0 Å².